The SMILES string of the molecule is CC1Cc2ccccc2N1C(C)OCc1ccc(Cl)cc1. The van der Waals surface area contributed by atoms with Crippen LogP contribution in [0.15, 0.2) is 48.5 Å². The maximum absolute atomic E-state index is 6.06. The highest BCUT2D eigenvalue weighted by atomic mass is 35.5. The van der Waals surface area contributed by atoms with Crippen molar-refractivity contribution in [3.63, 3.8) is 0 Å². The summed E-state index contributed by atoms with van der Waals surface area (Å²) in [6.07, 6.45) is 1.14. The van der Waals surface area contributed by atoms with E-state index in [2.05, 4.69) is 43.0 Å². The number of benzene rings is 2. The zero-order valence-electron chi connectivity index (χ0n) is 12.4. The van der Waals surface area contributed by atoms with E-state index in [-0.39, 0.29) is 6.23 Å². The Balaban J connectivity index is 1.68. The zero-order valence-corrected chi connectivity index (χ0v) is 13.2. The molecule has 3 rings (SSSR count). The van der Waals surface area contributed by atoms with Crippen LogP contribution in [-0.2, 0) is 17.8 Å². The first kappa shape index (κ1) is 14.4. The van der Waals surface area contributed by atoms with Gasteiger partial charge < -0.3 is 9.64 Å². The molecule has 110 valence electrons. The zero-order chi connectivity index (χ0) is 14.8. The lowest BCUT2D eigenvalue weighted by atomic mass is 10.1. The summed E-state index contributed by atoms with van der Waals surface area (Å²) in [6.45, 7) is 4.97. The first-order valence-electron chi connectivity index (χ1n) is 7.37. The van der Waals surface area contributed by atoms with Gasteiger partial charge in [0.15, 0.2) is 0 Å². The minimum absolute atomic E-state index is 0.0549. The highest BCUT2D eigenvalue weighted by Crippen LogP contribution is 2.33. The molecule has 0 fully saturated rings. The first-order chi connectivity index (χ1) is 10.1. The lowest BCUT2D eigenvalue weighted by Gasteiger charge is -2.31. The van der Waals surface area contributed by atoms with Crippen LogP contribution < -0.4 is 4.90 Å². The molecule has 0 bridgehead atoms. The lowest BCUT2D eigenvalue weighted by molar-refractivity contribution is 0.0475. The predicted octanol–water partition coefficient (Wildman–Crippen LogP) is 4.65. The van der Waals surface area contributed by atoms with E-state index in [4.69, 9.17) is 16.3 Å². The van der Waals surface area contributed by atoms with Crippen molar-refractivity contribution in [3.05, 3.63) is 64.7 Å². The second-order valence-corrected chi connectivity index (χ2v) is 6.06. The van der Waals surface area contributed by atoms with E-state index in [1.54, 1.807) is 0 Å². The highest BCUT2D eigenvalue weighted by Gasteiger charge is 2.29. The van der Waals surface area contributed by atoms with Crippen LogP contribution in [0.3, 0.4) is 0 Å². The fraction of sp³-hybridized carbons (Fsp3) is 0.333. The van der Waals surface area contributed by atoms with E-state index < -0.39 is 0 Å². The van der Waals surface area contributed by atoms with Gasteiger partial charge in [0.25, 0.3) is 0 Å². The first-order valence-corrected chi connectivity index (χ1v) is 7.75. The maximum Gasteiger partial charge on any atom is 0.127 e. The van der Waals surface area contributed by atoms with Gasteiger partial charge in [-0.25, -0.2) is 0 Å². The standard InChI is InChI=1S/C18H20ClNO/c1-13-11-16-5-3-4-6-18(16)20(13)14(2)21-12-15-7-9-17(19)10-8-15/h3-10,13-14H,11-12H2,1-2H3. The monoisotopic (exact) mass is 301 g/mol. The van der Waals surface area contributed by atoms with Gasteiger partial charge in [0.2, 0.25) is 0 Å². The van der Waals surface area contributed by atoms with Crippen molar-refractivity contribution in [2.75, 3.05) is 4.90 Å². The maximum atomic E-state index is 6.06. The van der Waals surface area contributed by atoms with Gasteiger partial charge in [-0.05, 0) is 49.6 Å². The number of halogens is 1. The van der Waals surface area contributed by atoms with Crippen molar-refractivity contribution in [1.29, 1.82) is 0 Å². The highest BCUT2D eigenvalue weighted by molar-refractivity contribution is 6.30. The van der Waals surface area contributed by atoms with Gasteiger partial charge in [-0.2, -0.15) is 0 Å². The number of rotatable bonds is 4. The van der Waals surface area contributed by atoms with Crippen molar-refractivity contribution in [2.45, 2.75) is 39.1 Å². The summed E-state index contributed by atoms with van der Waals surface area (Å²) in [5.74, 6) is 0. The quantitative estimate of drug-likeness (QED) is 0.815. The number of anilines is 1. The number of hydrogen-bond acceptors (Lipinski definition) is 2. The Bertz CT molecular complexity index is 611. The molecule has 1 aliphatic rings. The second kappa shape index (κ2) is 6.08. The molecule has 0 radical (unpaired) electrons. The van der Waals surface area contributed by atoms with Gasteiger partial charge in [0.05, 0.1) is 6.61 Å². The number of nitrogens with zero attached hydrogens (tertiary/aromatic N) is 1. The van der Waals surface area contributed by atoms with Gasteiger partial charge in [-0.1, -0.05) is 41.9 Å². The third-order valence-electron chi connectivity index (χ3n) is 4.06. The van der Waals surface area contributed by atoms with Crippen molar-refractivity contribution >= 4 is 17.3 Å². The lowest BCUT2D eigenvalue weighted by Crippen LogP contribution is -2.39. The van der Waals surface area contributed by atoms with Gasteiger partial charge in [0, 0.05) is 16.8 Å². The molecule has 0 N–H and O–H groups in total. The molecule has 0 spiro atoms. The third-order valence-corrected chi connectivity index (χ3v) is 4.31. The van der Waals surface area contributed by atoms with Crippen molar-refractivity contribution in [1.82, 2.24) is 0 Å². The van der Waals surface area contributed by atoms with Gasteiger partial charge in [0.1, 0.15) is 6.23 Å². The van der Waals surface area contributed by atoms with Crippen LogP contribution in [0.25, 0.3) is 0 Å². The molecule has 1 aliphatic heterocycles. The van der Waals surface area contributed by atoms with E-state index in [0.29, 0.717) is 12.6 Å². The summed E-state index contributed by atoms with van der Waals surface area (Å²) in [4.78, 5) is 2.37. The van der Waals surface area contributed by atoms with E-state index in [1.165, 1.54) is 11.3 Å². The molecule has 3 heteroatoms. The molecular formula is C18H20ClNO. The molecule has 0 saturated heterocycles. The van der Waals surface area contributed by atoms with Crippen molar-refractivity contribution in [3.8, 4) is 0 Å². The van der Waals surface area contributed by atoms with Crippen LogP contribution >= 0.6 is 11.6 Å². The second-order valence-electron chi connectivity index (χ2n) is 5.63. The van der Waals surface area contributed by atoms with E-state index >= 15 is 0 Å². The topological polar surface area (TPSA) is 12.5 Å². The molecule has 0 aliphatic carbocycles. The smallest absolute Gasteiger partial charge is 0.127 e. The Morgan fingerprint density at radius 1 is 1.19 bits per heavy atom. The van der Waals surface area contributed by atoms with E-state index in [9.17, 15) is 0 Å². The fourth-order valence-corrected chi connectivity index (χ4v) is 3.15. The van der Waals surface area contributed by atoms with E-state index in [0.717, 1.165) is 17.0 Å². The molecular weight excluding hydrogens is 282 g/mol. The van der Waals surface area contributed by atoms with Crippen molar-refractivity contribution in [2.24, 2.45) is 0 Å². The summed E-state index contributed by atoms with van der Waals surface area (Å²) >= 11 is 5.90. The minimum Gasteiger partial charge on any atom is -0.354 e. The Kier molecular flexibility index (Phi) is 4.18. The number of hydrogen-bond donors (Lipinski definition) is 0. The van der Waals surface area contributed by atoms with E-state index in [1.807, 2.05) is 24.3 Å². The largest absolute Gasteiger partial charge is 0.354 e. The van der Waals surface area contributed by atoms with Gasteiger partial charge in [-0.3, -0.25) is 0 Å². The molecule has 2 aromatic carbocycles. The van der Waals surface area contributed by atoms with Gasteiger partial charge >= 0.3 is 0 Å². The molecule has 0 aromatic heterocycles. The molecule has 2 atom stereocenters. The normalized spacial score (nSPS) is 18.6. The molecule has 0 amide bonds. The molecule has 2 nitrogen and oxygen atoms in total. The van der Waals surface area contributed by atoms with Crippen LogP contribution in [0.5, 0.6) is 0 Å². The average molecular weight is 302 g/mol. The van der Waals surface area contributed by atoms with Crippen LogP contribution in [0.2, 0.25) is 5.02 Å². The third kappa shape index (κ3) is 3.07. The summed E-state index contributed by atoms with van der Waals surface area (Å²) in [5, 5.41) is 0.758. The summed E-state index contributed by atoms with van der Waals surface area (Å²) in [7, 11) is 0. The Morgan fingerprint density at radius 3 is 2.67 bits per heavy atom. The average Bonchev–Trinajstić information content (AvgIpc) is 2.82. The molecule has 2 aromatic rings. The van der Waals surface area contributed by atoms with Crippen LogP contribution in [0.1, 0.15) is 25.0 Å². The predicted molar refractivity (Wildman–Crippen MR) is 87.8 cm³/mol. The van der Waals surface area contributed by atoms with Crippen molar-refractivity contribution < 1.29 is 4.74 Å². The number of ether oxygens (including phenoxy) is 1. The Labute approximate surface area is 131 Å². The summed E-state index contributed by atoms with van der Waals surface area (Å²) < 4.78 is 6.06. The summed E-state index contributed by atoms with van der Waals surface area (Å²) in [6, 6.07) is 16.9. The fourth-order valence-electron chi connectivity index (χ4n) is 3.02. The number of para-hydroxylation sites is 1. The molecule has 21 heavy (non-hydrogen) atoms. The Hall–Kier alpha value is -1.51. The molecule has 0 saturated carbocycles. The minimum atomic E-state index is 0.0549. The van der Waals surface area contributed by atoms with Crippen LogP contribution in [-0.4, -0.2) is 12.3 Å². The Morgan fingerprint density at radius 2 is 1.90 bits per heavy atom. The van der Waals surface area contributed by atoms with Crippen LogP contribution in [0, 0.1) is 0 Å². The summed E-state index contributed by atoms with van der Waals surface area (Å²) in [5.41, 5.74) is 3.85. The number of fused-ring (bicyclic) bond motifs is 1. The van der Waals surface area contributed by atoms with Gasteiger partial charge in [-0.15, -0.1) is 0 Å². The molecule has 2 unspecified atom stereocenters. The molecule has 1 heterocycles. The van der Waals surface area contributed by atoms with Crippen LogP contribution in [0.4, 0.5) is 5.69 Å².